The molecule has 1 aliphatic heterocycles. The number of rotatable bonds is 5. The first-order valence-electron chi connectivity index (χ1n) is 6.67. The average molecular weight is 282 g/mol. The van der Waals surface area contributed by atoms with Gasteiger partial charge < -0.3 is 10.6 Å². The van der Waals surface area contributed by atoms with Crippen molar-refractivity contribution in [1.82, 2.24) is 4.90 Å². The van der Waals surface area contributed by atoms with Crippen LogP contribution in [0.1, 0.15) is 17.9 Å². The topological polar surface area (TPSA) is 63.4 Å². The van der Waals surface area contributed by atoms with Gasteiger partial charge in [-0.2, -0.15) is 0 Å². The number of hydrogen-bond acceptors (Lipinski definition) is 4. The molecule has 0 spiro atoms. The van der Waals surface area contributed by atoms with Crippen molar-refractivity contribution in [3.8, 4) is 0 Å². The number of nitrogens with two attached hydrogens (primary N) is 1. The van der Waals surface area contributed by atoms with Crippen LogP contribution >= 0.6 is 0 Å². The van der Waals surface area contributed by atoms with Gasteiger partial charge in [-0.25, -0.2) is 8.42 Å². The van der Waals surface area contributed by atoms with Crippen molar-refractivity contribution in [1.29, 1.82) is 0 Å². The molecule has 2 rings (SSSR count). The summed E-state index contributed by atoms with van der Waals surface area (Å²) in [5, 5.41) is 0. The average Bonchev–Trinajstić information content (AvgIpc) is 2.77. The Kier molecular flexibility index (Phi) is 4.60. The highest BCUT2D eigenvalue weighted by Crippen LogP contribution is 2.21. The Morgan fingerprint density at radius 2 is 2.05 bits per heavy atom. The van der Waals surface area contributed by atoms with E-state index in [0.29, 0.717) is 12.3 Å². The first-order chi connectivity index (χ1) is 9.02. The number of likely N-dealkylation sites (N-methyl/N-ethyl adjacent to an activating group) is 1. The van der Waals surface area contributed by atoms with Gasteiger partial charge in [0.2, 0.25) is 0 Å². The fourth-order valence-electron chi connectivity index (χ4n) is 2.66. The zero-order valence-corrected chi connectivity index (χ0v) is 12.1. The third kappa shape index (κ3) is 3.78. The summed E-state index contributed by atoms with van der Waals surface area (Å²) >= 11 is 0. The lowest BCUT2D eigenvalue weighted by atomic mass is 9.98. The van der Waals surface area contributed by atoms with Crippen molar-refractivity contribution in [2.75, 3.05) is 31.6 Å². The van der Waals surface area contributed by atoms with Gasteiger partial charge in [-0.3, -0.25) is 0 Å². The highest BCUT2D eigenvalue weighted by Gasteiger charge is 2.31. The second-order valence-electron chi connectivity index (χ2n) is 5.34. The molecule has 1 heterocycles. The molecule has 1 saturated heterocycles. The van der Waals surface area contributed by atoms with Gasteiger partial charge in [0.15, 0.2) is 9.84 Å². The zero-order chi connectivity index (χ0) is 13.9. The third-order valence-electron chi connectivity index (χ3n) is 3.90. The largest absolute Gasteiger partial charge is 0.330 e. The minimum atomic E-state index is -2.82. The number of nitrogens with zero attached hydrogens (tertiary/aromatic N) is 1. The minimum absolute atomic E-state index is 0.141. The summed E-state index contributed by atoms with van der Waals surface area (Å²) in [6.45, 7) is 1.38. The molecule has 2 unspecified atom stereocenters. The summed E-state index contributed by atoms with van der Waals surface area (Å²) in [6, 6.07) is 10.3. The van der Waals surface area contributed by atoms with E-state index in [0.717, 1.165) is 13.0 Å². The predicted octanol–water partition coefficient (Wildman–Crippen LogP) is 0.848. The van der Waals surface area contributed by atoms with Gasteiger partial charge in [-0.05, 0) is 19.0 Å². The lowest BCUT2D eigenvalue weighted by Crippen LogP contribution is -2.37. The zero-order valence-electron chi connectivity index (χ0n) is 11.3. The highest BCUT2D eigenvalue weighted by atomic mass is 32.2. The number of sulfone groups is 1. The molecule has 0 bridgehead atoms. The minimum Gasteiger partial charge on any atom is -0.330 e. The molecule has 1 aliphatic rings. The maximum atomic E-state index is 11.5. The van der Waals surface area contributed by atoms with E-state index in [1.54, 1.807) is 0 Å². The van der Waals surface area contributed by atoms with Crippen LogP contribution in [0.15, 0.2) is 30.3 Å². The number of hydrogen-bond donors (Lipinski definition) is 1. The molecule has 19 heavy (non-hydrogen) atoms. The van der Waals surface area contributed by atoms with Crippen LogP contribution in [0.25, 0.3) is 0 Å². The first-order valence-corrected chi connectivity index (χ1v) is 8.49. The molecule has 0 amide bonds. The van der Waals surface area contributed by atoms with Crippen LogP contribution in [0.4, 0.5) is 0 Å². The molecule has 0 radical (unpaired) electrons. The van der Waals surface area contributed by atoms with E-state index in [9.17, 15) is 8.42 Å². The van der Waals surface area contributed by atoms with E-state index in [2.05, 4.69) is 17.0 Å². The van der Waals surface area contributed by atoms with Crippen molar-refractivity contribution >= 4 is 9.84 Å². The lowest BCUT2D eigenvalue weighted by molar-refractivity contribution is 0.247. The van der Waals surface area contributed by atoms with Crippen LogP contribution in [0.3, 0.4) is 0 Å². The Morgan fingerprint density at radius 3 is 2.58 bits per heavy atom. The molecule has 0 aliphatic carbocycles. The Bertz CT molecular complexity index is 501. The lowest BCUT2D eigenvalue weighted by Gasteiger charge is -2.27. The quantitative estimate of drug-likeness (QED) is 0.869. The molecule has 0 aromatic heterocycles. The third-order valence-corrected chi connectivity index (χ3v) is 5.65. The van der Waals surface area contributed by atoms with Gasteiger partial charge in [0.05, 0.1) is 11.5 Å². The summed E-state index contributed by atoms with van der Waals surface area (Å²) in [4.78, 5) is 2.15. The predicted molar refractivity (Wildman–Crippen MR) is 77.9 cm³/mol. The fourth-order valence-corrected chi connectivity index (χ4v) is 4.47. The van der Waals surface area contributed by atoms with Crippen molar-refractivity contribution in [2.24, 2.45) is 5.73 Å². The molecule has 2 N–H and O–H groups in total. The van der Waals surface area contributed by atoms with Crippen molar-refractivity contribution in [3.05, 3.63) is 35.9 Å². The molecule has 1 aromatic carbocycles. The standard InChI is InChI=1S/C14H22N2O2S/c1-16(14-7-8-19(17,18)11-14)10-13(9-15)12-5-3-2-4-6-12/h2-6,13-14H,7-11,15H2,1H3. The van der Waals surface area contributed by atoms with E-state index in [-0.39, 0.29) is 17.7 Å². The Hall–Kier alpha value is -0.910. The van der Waals surface area contributed by atoms with Crippen LogP contribution in [0.5, 0.6) is 0 Å². The Labute approximate surface area is 115 Å². The van der Waals surface area contributed by atoms with Crippen LogP contribution in [-0.2, 0) is 9.84 Å². The first kappa shape index (κ1) is 14.5. The fraction of sp³-hybridized carbons (Fsp3) is 0.571. The van der Waals surface area contributed by atoms with Gasteiger partial charge in [0, 0.05) is 25.0 Å². The maximum absolute atomic E-state index is 11.5. The summed E-state index contributed by atoms with van der Waals surface area (Å²) in [7, 11) is -0.823. The van der Waals surface area contributed by atoms with Crippen LogP contribution < -0.4 is 5.73 Å². The smallest absolute Gasteiger partial charge is 0.151 e. The summed E-state index contributed by atoms with van der Waals surface area (Å²) in [5.41, 5.74) is 7.08. The van der Waals surface area contributed by atoms with Crippen LogP contribution in [0.2, 0.25) is 0 Å². The van der Waals surface area contributed by atoms with E-state index >= 15 is 0 Å². The van der Waals surface area contributed by atoms with Gasteiger partial charge in [0.1, 0.15) is 0 Å². The highest BCUT2D eigenvalue weighted by molar-refractivity contribution is 7.91. The monoisotopic (exact) mass is 282 g/mol. The van der Waals surface area contributed by atoms with Crippen LogP contribution in [-0.4, -0.2) is 51.0 Å². The van der Waals surface area contributed by atoms with E-state index < -0.39 is 9.84 Å². The molecule has 0 saturated carbocycles. The Balaban J connectivity index is 1.99. The Morgan fingerprint density at radius 1 is 1.37 bits per heavy atom. The molecule has 1 aromatic rings. The molecule has 106 valence electrons. The van der Waals surface area contributed by atoms with Crippen LogP contribution in [0, 0.1) is 0 Å². The van der Waals surface area contributed by atoms with Gasteiger partial charge in [0.25, 0.3) is 0 Å². The second kappa shape index (κ2) is 6.03. The van der Waals surface area contributed by atoms with E-state index in [1.807, 2.05) is 25.2 Å². The molecule has 2 atom stereocenters. The summed E-state index contributed by atoms with van der Waals surface area (Å²) in [5.74, 6) is 0.866. The second-order valence-corrected chi connectivity index (χ2v) is 7.57. The SMILES string of the molecule is CN(CC(CN)c1ccccc1)C1CCS(=O)(=O)C1. The maximum Gasteiger partial charge on any atom is 0.151 e. The van der Waals surface area contributed by atoms with Crippen molar-refractivity contribution < 1.29 is 8.42 Å². The van der Waals surface area contributed by atoms with E-state index in [1.165, 1.54) is 5.56 Å². The van der Waals surface area contributed by atoms with E-state index in [4.69, 9.17) is 5.73 Å². The molecular weight excluding hydrogens is 260 g/mol. The summed E-state index contributed by atoms with van der Waals surface area (Å²) in [6.07, 6.45) is 0.741. The molecule has 5 heteroatoms. The van der Waals surface area contributed by atoms with Crippen molar-refractivity contribution in [2.45, 2.75) is 18.4 Å². The normalized spacial score (nSPS) is 23.6. The molecule has 4 nitrogen and oxygen atoms in total. The summed E-state index contributed by atoms with van der Waals surface area (Å²) < 4.78 is 23.0. The van der Waals surface area contributed by atoms with Gasteiger partial charge >= 0.3 is 0 Å². The van der Waals surface area contributed by atoms with Gasteiger partial charge in [-0.1, -0.05) is 30.3 Å². The molecule has 1 fully saturated rings. The van der Waals surface area contributed by atoms with Gasteiger partial charge in [-0.15, -0.1) is 0 Å². The molecular formula is C14H22N2O2S. The van der Waals surface area contributed by atoms with Crippen molar-refractivity contribution in [3.63, 3.8) is 0 Å². The number of benzene rings is 1.